The number of rotatable bonds is 5. The summed E-state index contributed by atoms with van der Waals surface area (Å²) in [4.78, 5) is 38.8. The molecule has 0 saturated heterocycles. The molecule has 0 fully saturated rings. The van der Waals surface area contributed by atoms with E-state index in [-0.39, 0.29) is 11.6 Å². The lowest BCUT2D eigenvalue weighted by Gasteiger charge is -2.36. The molecule has 35 heavy (non-hydrogen) atoms. The zero-order chi connectivity index (χ0) is 24.5. The molecule has 1 heterocycles. The molecule has 0 atom stereocenters. The van der Waals surface area contributed by atoms with Gasteiger partial charge in [0.2, 0.25) is 0 Å². The summed E-state index contributed by atoms with van der Waals surface area (Å²) in [5.41, 5.74) is 3.33. The fraction of sp³-hybridized carbons (Fsp3) is 0.345. The molecule has 3 aliphatic rings. The van der Waals surface area contributed by atoms with Crippen LogP contribution in [0.3, 0.4) is 0 Å². The average molecular weight is 473 g/mol. The number of allylic oxidation sites excluding steroid dienone is 4. The van der Waals surface area contributed by atoms with Crippen molar-refractivity contribution in [3.63, 3.8) is 0 Å². The fourth-order valence-electron chi connectivity index (χ4n) is 5.14. The molecule has 0 unspecified atom stereocenters. The van der Waals surface area contributed by atoms with Gasteiger partial charge in [-0.1, -0.05) is 23.8 Å². The van der Waals surface area contributed by atoms with Crippen molar-refractivity contribution in [1.82, 2.24) is 0 Å². The molecule has 5 rings (SSSR count). The highest BCUT2D eigenvalue weighted by atomic mass is 16.6. The Labute approximate surface area is 204 Å². The van der Waals surface area contributed by atoms with Gasteiger partial charge in [0.1, 0.15) is 11.5 Å². The number of Topliss-reactive ketones (excluding diaryl/α,β-unsaturated/α-hetero) is 2. The first-order chi connectivity index (χ1) is 17.0. The van der Waals surface area contributed by atoms with Gasteiger partial charge >= 0.3 is 5.97 Å². The lowest BCUT2D eigenvalue weighted by Crippen LogP contribution is -2.30. The second kappa shape index (κ2) is 9.53. The Hall–Kier alpha value is -3.67. The minimum atomic E-state index is -0.491. The third kappa shape index (κ3) is 4.41. The molecule has 2 aromatic rings. The Morgan fingerprint density at radius 2 is 1.60 bits per heavy atom. The Kier molecular flexibility index (Phi) is 6.29. The first-order valence-corrected chi connectivity index (χ1v) is 12.2. The van der Waals surface area contributed by atoms with Gasteiger partial charge < -0.3 is 14.2 Å². The van der Waals surface area contributed by atoms with Crippen molar-refractivity contribution in [1.29, 1.82) is 0 Å². The molecule has 0 spiro atoms. The van der Waals surface area contributed by atoms with Crippen molar-refractivity contribution in [2.75, 3.05) is 6.61 Å². The van der Waals surface area contributed by atoms with E-state index in [2.05, 4.69) is 0 Å². The average Bonchev–Trinajstić information content (AvgIpc) is 2.84. The van der Waals surface area contributed by atoms with Crippen molar-refractivity contribution >= 4 is 17.5 Å². The highest BCUT2D eigenvalue weighted by Gasteiger charge is 2.42. The van der Waals surface area contributed by atoms with Crippen LogP contribution >= 0.6 is 0 Å². The third-order valence-corrected chi connectivity index (χ3v) is 6.70. The van der Waals surface area contributed by atoms with Crippen LogP contribution in [0.4, 0.5) is 0 Å². The molecule has 0 aromatic heterocycles. The second-order valence-corrected chi connectivity index (χ2v) is 9.16. The Balaban J connectivity index is 1.55. The molecular formula is C29H28O6. The van der Waals surface area contributed by atoms with Crippen molar-refractivity contribution in [2.24, 2.45) is 0 Å². The van der Waals surface area contributed by atoms with E-state index in [0.29, 0.717) is 72.0 Å². The molecule has 6 nitrogen and oxygen atoms in total. The largest absolute Gasteiger partial charge is 0.490 e. The number of hydrogen-bond acceptors (Lipinski definition) is 6. The summed E-state index contributed by atoms with van der Waals surface area (Å²) in [5, 5.41) is 0. The lowest BCUT2D eigenvalue weighted by atomic mass is 9.73. The summed E-state index contributed by atoms with van der Waals surface area (Å²) in [5.74, 6) is 1.14. The molecule has 0 amide bonds. The van der Waals surface area contributed by atoms with E-state index in [9.17, 15) is 14.4 Å². The maximum absolute atomic E-state index is 13.0. The van der Waals surface area contributed by atoms with Crippen LogP contribution in [0, 0.1) is 6.92 Å². The van der Waals surface area contributed by atoms with E-state index < -0.39 is 11.9 Å². The van der Waals surface area contributed by atoms with Gasteiger partial charge in [0, 0.05) is 42.7 Å². The van der Waals surface area contributed by atoms with Crippen LogP contribution in [-0.4, -0.2) is 24.1 Å². The monoisotopic (exact) mass is 472 g/mol. The highest BCUT2D eigenvalue weighted by molar-refractivity contribution is 6.05. The molecule has 2 aliphatic carbocycles. The highest BCUT2D eigenvalue weighted by Crippen LogP contribution is 2.48. The van der Waals surface area contributed by atoms with Crippen LogP contribution < -0.4 is 9.47 Å². The molecule has 0 N–H and O–H groups in total. The van der Waals surface area contributed by atoms with E-state index in [1.807, 2.05) is 32.0 Å². The van der Waals surface area contributed by atoms with Gasteiger partial charge in [-0.15, -0.1) is 0 Å². The third-order valence-electron chi connectivity index (χ3n) is 6.70. The van der Waals surface area contributed by atoms with Gasteiger partial charge in [0.25, 0.3) is 0 Å². The van der Waals surface area contributed by atoms with E-state index in [1.54, 1.807) is 24.3 Å². The quantitative estimate of drug-likeness (QED) is 0.408. The van der Waals surface area contributed by atoms with Crippen LogP contribution in [0.2, 0.25) is 0 Å². The summed E-state index contributed by atoms with van der Waals surface area (Å²) in [6.07, 6.45) is 3.76. The first kappa shape index (κ1) is 23.1. The van der Waals surface area contributed by atoms with Crippen LogP contribution in [0.25, 0.3) is 0 Å². The minimum absolute atomic E-state index is 0.0223. The maximum Gasteiger partial charge on any atom is 0.343 e. The zero-order valence-electron chi connectivity index (χ0n) is 20.0. The van der Waals surface area contributed by atoms with Crippen molar-refractivity contribution in [3.05, 3.63) is 81.8 Å². The van der Waals surface area contributed by atoms with Crippen molar-refractivity contribution in [2.45, 2.75) is 58.3 Å². The lowest BCUT2D eigenvalue weighted by molar-refractivity contribution is -0.117. The van der Waals surface area contributed by atoms with Gasteiger partial charge in [-0.05, 0) is 56.5 Å². The molecule has 0 saturated carbocycles. The maximum atomic E-state index is 13.0. The van der Waals surface area contributed by atoms with Crippen LogP contribution in [0.5, 0.6) is 11.5 Å². The number of hydrogen-bond donors (Lipinski definition) is 0. The van der Waals surface area contributed by atoms with E-state index in [4.69, 9.17) is 14.2 Å². The Morgan fingerprint density at radius 1 is 0.914 bits per heavy atom. The van der Waals surface area contributed by atoms with Gasteiger partial charge in [-0.25, -0.2) is 4.79 Å². The van der Waals surface area contributed by atoms with E-state index in [1.165, 1.54) is 0 Å². The van der Waals surface area contributed by atoms with Gasteiger partial charge in [-0.2, -0.15) is 0 Å². The number of ether oxygens (including phenoxy) is 3. The predicted octanol–water partition coefficient (Wildman–Crippen LogP) is 5.74. The zero-order valence-corrected chi connectivity index (χ0v) is 20.0. The van der Waals surface area contributed by atoms with Gasteiger partial charge in [0.05, 0.1) is 12.2 Å². The molecule has 6 heteroatoms. The van der Waals surface area contributed by atoms with Crippen molar-refractivity contribution < 1.29 is 28.6 Å². The summed E-state index contributed by atoms with van der Waals surface area (Å²) in [6, 6.07) is 12.5. The number of ketones is 2. The number of benzene rings is 2. The summed E-state index contributed by atoms with van der Waals surface area (Å²) >= 11 is 0. The summed E-state index contributed by atoms with van der Waals surface area (Å²) in [6.45, 7) is 4.13. The fourth-order valence-corrected chi connectivity index (χ4v) is 5.14. The SMILES string of the molecule is CCOc1cc(C2C3=C(CCCC3=O)OC3=C2C(=O)CCC3)ccc1OC(=O)c1cccc(C)c1. The summed E-state index contributed by atoms with van der Waals surface area (Å²) < 4.78 is 17.7. The molecule has 0 radical (unpaired) electrons. The van der Waals surface area contributed by atoms with Crippen LogP contribution in [-0.2, 0) is 14.3 Å². The first-order valence-electron chi connectivity index (χ1n) is 12.2. The van der Waals surface area contributed by atoms with E-state index in [0.717, 1.165) is 24.0 Å². The standard InChI is InChI=1S/C29H28O6/c1-3-33-25-16-18(13-14-22(25)35-29(32)19-8-4-7-17(2)15-19)26-27-20(30)9-5-11-23(27)34-24-12-6-10-21(31)28(24)26/h4,7-8,13-16,26H,3,5-6,9-12H2,1-2H3. The normalized spacial score (nSPS) is 18.1. The second-order valence-electron chi connectivity index (χ2n) is 9.16. The molecule has 0 bridgehead atoms. The van der Waals surface area contributed by atoms with Crippen LogP contribution in [0.1, 0.15) is 72.9 Å². The van der Waals surface area contributed by atoms with Gasteiger partial charge in [-0.3, -0.25) is 9.59 Å². The number of carbonyl (C=O) groups is 3. The Morgan fingerprint density at radius 3 is 2.23 bits per heavy atom. The topological polar surface area (TPSA) is 78.9 Å². The van der Waals surface area contributed by atoms with Gasteiger partial charge in [0.15, 0.2) is 23.1 Å². The number of carbonyl (C=O) groups excluding carboxylic acids is 3. The Bertz CT molecular complexity index is 1240. The van der Waals surface area contributed by atoms with E-state index >= 15 is 0 Å². The molecule has 1 aliphatic heterocycles. The van der Waals surface area contributed by atoms with Crippen LogP contribution in [0.15, 0.2) is 65.1 Å². The van der Waals surface area contributed by atoms with Crippen molar-refractivity contribution in [3.8, 4) is 11.5 Å². The molecule has 180 valence electrons. The molecular weight excluding hydrogens is 444 g/mol. The smallest absolute Gasteiger partial charge is 0.343 e. The molecule has 2 aromatic carbocycles. The predicted molar refractivity (Wildman–Crippen MR) is 129 cm³/mol. The number of esters is 1. The minimum Gasteiger partial charge on any atom is -0.490 e. The summed E-state index contributed by atoms with van der Waals surface area (Å²) in [7, 11) is 0. The number of aryl methyl sites for hydroxylation is 1.